The standard InChI is InChI=1S/C24H36O4/c1-7-21(2)14-11-17-16(15-21)9-10-18-22(17,3)12-8-13-23(18,4)24(5,19(25)26)20(27)28-6/h7,18H,1,8-15H2,2-6H3,(H,25,26)/t18?,21-,22+,23-,24?/m1/s1. The van der Waals surface area contributed by atoms with Crippen molar-refractivity contribution < 1.29 is 19.4 Å². The Morgan fingerprint density at radius 1 is 1.21 bits per heavy atom. The van der Waals surface area contributed by atoms with Crippen LogP contribution < -0.4 is 0 Å². The van der Waals surface area contributed by atoms with Crippen LogP contribution in [0, 0.1) is 27.6 Å². The molecule has 2 unspecified atom stereocenters. The lowest BCUT2D eigenvalue weighted by Gasteiger charge is -2.61. The van der Waals surface area contributed by atoms with Gasteiger partial charge in [-0.1, -0.05) is 44.4 Å². The van der Waals surface area contributed by atoms with E-state index in [9.17, 15) is 14.7 Å². The zero-order valence-corrected chi connectivity index (χ0v) is 18.2. The molecule has 5 atom stereocenters. The van der Waals surface area contributed by atoms with Crippen molar-refractivity contribution in [1.29, 1.82) is 0 Å². The molecule has 28 heavy (non-hydrogen) atoms. The van der Waals surface area contributed by atoms with Crippen LogP contribution in [0.4, 0.5) is 0 Å². The Kier molecular flexibility index (Phi) is 5.09. The molecule has 0 saturated heterocycles. The maximum atomic E-state index is 12.7. The van der Waals surface area contributed by atoms with Crippen LogP contribution in [0.1, 0.15) is 79.1 Å². The molecule has 0 aromatic heterocycles. The van der Waals surface area contributed by atoms with Gasteiger partial charge in [0.15, 0.2) is 5.41 Å². The molecule has 4 heteroatoms. The van der Waals surface area contributed by atoms with Crippen LogP contribution >= 0.6 is 0 Å². The average Bonchev–Trinajstić information content (AvgIpc) is 2.65. The molecule has 1 fully saturated rings. The lowest BCUT2D eigenvalue weighted by atomic mass is 9.42. The molecule has 0 radical (unpaired) electrons. The Morgan fingerprint density at radius 2 is 1.89 bits per heavy atom. The predicted octanol–water partition coefficient (Wildman–Crippen LogP) is 5.53. The lowest BCUT2D eigenvalue weighted by molar-refractivity contribution is -0.187. The van der Waals surface area contributed by atoms with Gasteiger partial charge in [-0.2, -0.15) is 0 Å². The van der Waals surface area contributed by atoms with Gasteiger partial charge in [-0.25, -0.2) is 0 Å². The summed E-state index contributed by atoms with van der Waals surface area (Å²) >= 11 is 0. The third-order valence-corrected chi connectivity index (χ3v) is 9.00. The van der Waals surface area contributed by atoms with Crippen molar-refractivity contribution in [2.24, 2.45) is 27.6 Å². The number of esters is 1. The molecule has 0 aromatic carbocycles. The quantitative estimate of drug-likeness (QED) is 0.391. The van der Waals surface area contributed by atoms with Crippen molar-refractivity contribution in [3.05, 3.63) is 23.8 Å². The molecule has 0 aliphatic heterocycles. The second kappa shape index (κ2) is 6.74. The van der Waals surface area contributed by atoms with E-state index in [1.54, 1.807) is 18.1 Å². The van der Waals surface area contributed by atoms with Gasteiger partial charge in [-0.3, -0.25) is 9.59 Å². The Labute approximate surface area is 169 Å². The first-order valence-corrected chi connectivity index (χ1v) is 10.7. The summed E-state index contributed by atoms with van der Waals surface area (Å²) in [6.07, 6.45) is 10.0. The van der Waals surface area contributed by atoms with Crippen molar-refractivity contribution in [2.45, 2.75) is 79.1 Å². The molecule has 0 spiro atoms. The second-order valence-electron chi connectivity index (χ2n) is 10.3. The van der Waals surface area contributed by atoms with Gasteiger partial charge in [-0.05, 0) is 74.0 Å². The Hall–Kier alpha value is -1.58. The molecule has 0 aromatic rings. The number of fused-ring (bicyclic) bond motifs is 2. The number of methoxy groups -OCH3 is 1. The van der Waals surface area contributed by atoms with E-state index in [0.717, 1.165) is 51.4 Å². The van der Waals surface area contributed by atoms with Crippen molar-refractivity contribution in [1.82, 2.24) is 0 Å². The number of carbonyl (C=O) groups excluding carboxylic acids is 1. The van der Waals surface area contributed by atoms with Crippen molar-refractivity contribution in [3.8, 4) is 0 Å². The highest BCUT2D eigenvalue weighted by Gasteiger charge is 2.65. The van der Waals surface area contributed by atoms with Gasteiger partial charge in [0.2, 0.25) is 0 Å². The predicted molar refractivity (Wildman–Crippen MR) is 110 cm³/mol. The van der Waals surface area contributed by atoms with E-state index in [-0.39, 0.29) is 16.7 Å². The molecule has 4 nitrogen and oxygen atoms in total. The van der Waals surface area contributed by atoms with E-state index < -0.39 is 22.8 Å². The monoisotopic (exact) mass is 388 g/mol. The summed E-state index contributed by atoms with van der Waals surface area (Å²) in [5.41, 5.74) is 1.08. The number of carbonyl (C=O) groups is 2. The summed E-state index contributed by atoms with van der Waals surface area (Å²) < 4.78 is 5.01. The number of carboxylic acid groups (broad SMARTS) is 1. The summed E-state index contributed by atoms with van der Waals surface area (Å²) in [4.78, 5) is 25.1. The summed E-state index contributed by atoms with van der Waals surface area (Å²) in [6.45, 7) is 12.3. The van der Waals surface area contributed by atoms with Crippen LogP contribution in [0.25, 0.3) is 0 Å². The zero-order valence-electron chi connectivity index (χ0n) is 18.2. The third kappa shape index (κ3) is 2.70. The topological polar surface area (TPSA) is 63.6 Å². The Balaban J connectivity index is 2.08. The molecule has 3 rings (SSSR count). The number of aliphatic carboxylic acids is 1. The molecular formula is C24H36O4. The van der Waals surface area contributed by atoms with Crippen LogP contribution in [0.15, 0.2) is 23.8 Å². The molecule has 156 valence electrons. The van der Waals surface area contributed by atoms with E-state index in [4.69, 9.17) is 4.74 Å². The first-order chi connectivity index (χ1) is 13.0. The van der Waals surface area contributed by atoms with Gasteiger partial charge >= 0.3 is 11.9 Å². The van der Waals surface area contributed by atoms with Gasteiger partial charge in [-0.15, -0.1) is 6.58 Å². The highest BCUT2D eigenvalue weighted by atomic mass is 16.5. The van der Waals surface area contributed by atoms with Gasteiger partial charge in [0.05, 0.1) is 7.11 Å². The fraction of sp³-hybridized carbons (Fsp3) is 0.750. The van der Waals surface area contributed by atoms with Crippen LogP contribution in [0.2, 0.25) is 0 Å². The zero-order chi connectivity index (χ0) is 21.0. The molecule has 1 saturated carbocycles. The normalized spacial score (nSPS) is 40.0. The average molecular weight is 389 g/mol. The van der Waals surface area contributed by atoms with Crippen molar-refractivity contribution in [2.75, 3.05) is 7.11 Å². The van der Waals surface area contributed by atoms with Crippen LogP contribution in [0.3, 0.4) is 0 Å². The van der Waals surface area contributed by atoms with Crippen molar-refractivity contribution >= 4 is 11.9 Å². The summed E-state index contributed by atoms with van der Waals surface area (Å²) in [5.74, 6) is -1.51. The van der Waals surface area contributed by atoms with E-state index in [1.165, 1.54) is 7.11 Å². The molecule has 0 amide bonds. The summed E-state index contributed by atoms with van der Waals surface area (Å²) in [5, 5.41) is 10.1. The lowest BCUT2D eigenvalue weighted by Crippen LogP contribution is -2.60. The Bertz CT molecular complexity index is 737. The van der Waals surface area contributed by atoms with E-state index in [0.29, 0.717) is 0 Å². The molecule has 0 heterocycles. The maximum Gasteiger partial charge on any atom is 0.323 e. The molecule has 0 bridgehead atoms. The molecular weight excluding hydrogens is 352 g/mol. The number of hydrogen-bond acceptors (Lipinski definition) is 3. The highest BCUT2D eigenvalue weighted by molar-refractivity contribution is 5.99. The van der Waals surface area contributed by atoms with Crippen LogP contribution in [-0.4, -0.2) is 24.2 Å². The number of rotatable bonds is 4. The Morgan fingerprint density at radius 3 is 2.46 bits per heavy atom. The van der Waals surface area contributed by atoms with Gasteiger partial charge in [0.1, 0.15) is 0 Å². The van der Waals surface area contributed by atoms with Gasteiger partial charge in [0.25, 0.3) is 0 Å². The van der Waals surface area contributed by atoms with Crippen LogP contribution in [0.5, 0.6) is 0 Å². The highest BCUT2D eigenvalue weighted by Crippen LogP contribution is 2.67. The van der Waals surface area contributed by atoms with Crippen LogP contribution in [-0.2, 0) is 14.3 Å². The number of carboxylic acids is 1. The summed E-state index contributed by atoms with van der Waals surface area (Å²) in [6, 6.07) is 0. The van der Waals surface area contributed by atoms with Gasteiger partial charge < -0.3 is 9.84 Å². The minimum absolute atomic E-state index is 0.0339. The fourth-order valence-corrected chi connectivity index (χ4v) is 6.93. The molecule has 3 aliphatic rings. The minimum atomic E-state index is -1.53. The first kappa shape index (κ1) is 21.1. The van der Waals surface area contributed by atoms with E-state index >= 15 is 0 Å². The summed E-state index contributed by atoms with van der Waals surface area (Å²) in [7, 11) is 1.30. The van der Waals surface area contributed by atoms with E-state index in [2.05, 4.69) is 26.5 Å². The first-order valence-electron chi connectivity index (χ1n) is 10.7. The number of hydrogen-bond donors (Lipinski definition) is 1. The second-order valence-corrected chi connectivity index (χ2v) is 10.3. The maximum absolute atomic E-state index is 12.7. The minimum Gasteiger partial charge on any atom is -0.480 e. The van der Waals surface area contributed by atoms with Crippen molar-refractivity contribution in [3.63, 3.8) is 0 Å². The number of ether oxygens (including phenoxy) is 1. The molecule has 3 aliphatic carbocycles. The van der Waals surface area contributed by atoms with Gasteiger partial charge in [0, 0.05) is 0 Å². The fourth-order valence-electron chi connectivity index (χ4n) is 6.93. The number of allylic oxidation sites excluding steroid dienone is 3. The third-order valence-electron chi connectivity index (χ3n) is 9.00. The van der Waals surface area contributed by atoms with E-state index in [1.807, 2.05) is 6.92 Å². The smallest absolute Gasteiger partial charge is 0.323 e. The largest absolute Gasteiger partial charge is 0.480 e. The molecule has 1 N–H and O–H groups in total. The SMILES string of the molecule is C=C[C@]1(C)CCC2=C(CCC3[C@@]2(C)CCC[C@@]3(C)C(C)(C(=O)O)C(=O)OC)C1.